The fourth-order valence-corrected chi connectivity index (χ4v) is 4.47. The zero-order valence-electron chi connectivity index (χ0n) is 24.5. The smallest absolute Gasteiger partial charge is 0.326 e. The predicted molar refractivity (Wildman–Crippen MR) is 161 cm³/mol. The lowest BCUT2D eigenvalue weighted by atomic mass is 10.0. The average molecular weight is 602 g/mol. The molecule has 1 aromatic heterocycles. The SMILES string of the molecule is CC(C)CC(NC(=O)C(CCCN=C(N)N)NC(=O)C(N)Cc1c[nH]c2ccccc12)C(=O)NC(CCC(N)=O)C(=O)O. The van der Waals surface area contributed by atoms with Crippen LogP contribution in [0.3, 0.4) is 0 Å². The van der Waals surface area contributed by atoms with E-state index in [4.69, 9.17) is 22.9 Å². The van der Waals surface area contributed by atoms with Gasteiger partial charge < -0.3 is 49.0 Å². The number of rotatable bonds is 18. The lowest BCUT2D eigenvalue weighted by molar-refractivity contribution is -0.142. The van der Waals surface area contributed by atoms with Gasteiger partial charge in [-0.25, -0.2) is 4.79 Å². The monoisotopic (exact) mass is 601 g/mol. The second-order valence-corrected chi connectivity index (χ2v) is 10.8. The van der Waals surface area contributed by atoms with Crippen molar-refractivity contribution in [1.29, 1.82) is 0 Å². The summed E-state index contributed by atoms with van der Waals surface area (Å²) in [5, 5.41) is 18.1. The van der Waals surface area contributed by atoms with Gasteiger partial charge in [0.15, 0.2) is 5.96 Å². The Kier molecular flexibility index (Phi) is 13.4. The molecule has 15 nitrogen and oxygen atoms in total. The number of aliphatic carboxylic acids is 1. The quantitative estimate of drug-likeness (QED) is 0.0571. The molecule has 2 aromatic rings. The maximum Gasteiger partial charge on any atom is 0.326 e. The number of hydrogen-bond donors (Lipinski definition) is 9. The van der Waals surface area contributed by atoms with Crippen molar-refractivity contribution in [2.24, 2.45) is 33.8 Å². The molecule has 43 heavy (non-hydrogen) atoms. The Morgan fingerprint density at radius 1 is 0.907 bits per heavy atom. The first-order chi connectivity index (χ1) is 20.3. The number of nitrogens with two attached hydrogens (primary N) is 4. The average Bonchev–Trinajstić information content (AvgIpc) is 3.33. The van der Waals surface area contributed by atoms with Gasteiger partial charge in [0.05, 0.1) is 6.04 Å². The number of benzene rings is 1. The van der Waals surface area contributed by atoms with Gasteiger partial charge in [-0.1, -0.05) is 32.0 Å². The Hall–Kier alpha value is -4.66. The maximum absolute atomic E-state index is 13.4. The van der Waals surface area contributed by atoms with E-state index in [1.165, 1.54) is 0 Å². The molecule has 15 heteroatoms. The molecule has 0 aliphatic heterocycles. The summed E-state index contributed by atoms with van der Waals surface area (Å²) in [6, 6.07) is 2.99. The summed E-state index contributed by atoms with van der Waals surface area (Å²) in [7, 11) is 0. The van der Waals surface area contributed by atoms with E-state index >= 15 is 0 Å². The summed E-state index contributed by atoms with van der Waals surface area (Å²) in [5.74, 6) is -4.24. The minimum Gasteiger partial charge on any atom is -0.480 e. The Labute approximate surface area is 249 Å². The van der Waals surface area contributed by atoms with Crippen LogP contribution in [0.4, 0.5) is 0 Å². The summed E-state index contributed by atoms with van der Waals surface area (Å²) in [4.78, 5) is 69.5. The van der Waals surface area contributed by atoms with Crippen LogP contribution in [0.2, 0.25) is 0 Å². The van der Waals surface area contributed by atoms with Crippen molar-refractivity contribution in [3.8, 4) is 0 Å². The van der Waals surface area contributed by atoms with Gasteiger partial charge in [-0.2, -0.15) is 0 Å². The Bertz CT molecular complexity index is 1300. The zero-order chi connectivity index (χ0) is 32.1. The van der Waals surface area contributed by atoms with Crippen molar-refractivity contribution in [3.63, 3.8) is 0 Å². The van der Waals surface area contributed by atoms with E-state index in [0.717, 1.165) is 16.5 Å². The summed E-state index contributed by atoms with van der Waals surface area (Å²) in [5.41, 5.74) is 23.9. The zero-order valence-corrected chi connectivity index (χ0v) is 24.5. The minimum atomic E-state index is -1.39. The predicted octanol–water partition coefficient (Wildman–Crippen LogP) is -1.06. The van der Waals surface area contributed by atoms with Crippen molar-refractivity contribution < 1.29 is 29.1 Å². The molecule has 0 spiro atoms. The third-order valence-corrected chi connectivity index (χ3v) is 6.66. The summed E-state index contributed by atoms with van der Waals surface area (Å²) >= 11 is 0. The summed E-state index contributed by atoms with van der Waals surface area (Å²) in [6.07, 6.45) is 2.15. The van der Waals surface area contributed by atoms with E-state index in [-0.39, 0.29) is 50.5 Å². The van der Waals surface area contributed by atoms with Gasteiger partial charge in [0.1, 0.15) is 18.1 Å². The van der Waals surface area contributed by atoms with Gasteiger partial charge in [0.25, 0.3) is 0 Å². The van der Waals surface area contributed by atoms with E-state index in [0.29, 0.717) is 6.42 Å². The van der Waals surface area contributed by atoms with E-state index < -0.39 is 53.8 Å². The number of amides is 4. The molecule has 236 valence electrons. The first-order valence-electron chi connectivity index (χ1n) is 14.1. The fourth-order valence-electron chi connectivity index (χ4n) is 4.47. The van der Waals surface area contributed by atoms with E-state index in [1.54, 1.807) is 6.20 Å². The number of nitrogens with one attached hydrogen (secondary N) is 4. The number of aromatic amines is 1. The number of carbonyl (C=O) groups excluding carboxylic acids is 4. The molecule has 0 fully saturated rings. The number of aliphatic imine (C=N–C) groups is 1. The van der Waals surface area contributed by atoms with Gasteiger partial charge in [0, 0.05) is 30.1 Å². The van der Waals surface area contributed by atoms with Gasteiger partial charge in [-0.3, -0.25) is 24.2 Å². The molecule has 1 aromatic carbocycles. The third-order valence-electron chi connectivity index (χ3n) is 6.66. The van der Waals surface area contributed by atoms with Gasteiger partial charge in [-0.15, -0.1) is 0 Å². The number of carbonyl (C=O) groups is 5. The van der Waals surface area contributed by atoms with Gasteiger partial charge >= 0.3 is 5.97 Å². The van der Waals surface area contributed by atoms with Crippen molar-refractivity contribution in [2.75, 3.05) is 6.54 Å². The van der Waals surface area contributed by atoms with Crippen molar-refractivity contribution in [2.45, 2.75) is 76.5 Å². The van der Waals surface area contributed by atoms with Crippen LogP contribution < -0.4 is 38.9 Å². The molecule has 0 saturated carbocycles. The minimum absolute atomic E-state index is 0.0653. The number of carboxylic acid groups (broad SMARTS) is 1. The van der Waals surface area contributed by atoms with Gasteiger partial charge in [-0.05, 0) is 49.7 Å². The molecule has 1 heterocycles. The van der Waals surface area contributed by atoms with Crippen LogP contribution in [0.1, 0.15) is 51.5 Å². The number of primary amides is 1. The molecule has 0 aliphatic carbocycles. The van der Waals surface area contributed by atoms with E-state index in [2.05, 4.69) is 25.9 Å². The highest BCUT2D eigenvalue weighted by atomic mass is 16.4. The van der Waals surface area contributed by atoms with Crippen LogP contribution in [0.5, 0.6) is 0 Å². The molecular weight excluding hydrogens is 558 g/mol. The molecule has 4 atom stereocenters. The number of nitrogens with zero attached hydrogens (tertiary/aromatic N) is 1. The number of aromatic nitrogens is 1. The second-order valence-electron chi connectivity index (χ2n) is 10.8. The Morgan fingerprint density at radius 2 is 1.53 bits per heavy atom. The van der Waals surface area contributed by atoms with Crippen LogP contribution >= 0.6 is 0 Å². The Balaban J connectivity index is 2.18. The highest BCUT2D eigenvalue weighted by Gasteiger charge is 2.31. The third kappa shape index (κ3) is 11.6. The molecule has 0 bridgehead atoms. The molecule has 0 aliphatic rings. The number of para-hydroxylation sites is 1. The molecule has 0 saturated heterocycles. The van der Waals surface area contributed by atoms with Crippen molar-refractivity contribution >= 4 is 46.5 Å². The normalized spacial score (nSPS) is 13.9. The van der Waals surface area contributed by atoms with Crippen molar-refractivity contribution in [1.82, 2.24) is 20.9 Å². The highest BCUT2D eigenvalue weighted by molar-refractivity contribution is 5.94. The number of H-pyrrole nitrogens is 1. The van der Waals surface area contributed by atoms with Crippen LogP contribution in [-0.2, 0) is 30.4 Å². The van der Waals surface area contributed by atoms with Crippen molar-refractivity contribution in [3.05, 3.63) is 36.0 Å². The Morgan fingerprint density at radius 3 is 2.16 bits per heavy atom. The molecule has 4 unspecified atom stereocenters. The first kappa shape index (κ1) is 34.5. The van der Waals surface area contributed by atoms with Crippen LogP contribution in [0.15, 0.2) is 35.5 Å². The van der Waals surface area contributed by atoms with Crippen LogP contribution in [-0.4, -0.2) is 76.4 Å². The molecule has 4 amide bonds. The largest absolute Gasteiger partial charge is 0.480 e. The molecule has 0 radical (unpaired) electrons. The number of hydrogen-bond acceptors (Lipinski definition) is 7. The number of carboxylic acids is 1. The number of guanidine groups is 1. The second kappa shape index (κ2) is 16.7. The standard InChI is InChI=1S/C28H43N9O6/c1-15(2)12-22(26(41)36-21(27(42)43)9-10-23(30)38)37-25(40)20(8-5-11-33-28(31)32)35-24(39)18(29)13-16-14-34-19-7-4-3-6-17(16)19/h3-4,6-7,14-15,18,20-22,34H,5,8-13,29H2,1-2H3,(H2,30,38)(H,35,39)(H,36,41)(H,37,40)(H,42,43)(H4,31,32,33). The highest BCUT2D eigenvalue weighted by Crippen LogP contribution is 2.19. The molecule has 2 rings (SSSR count). The molecule has 13 N–H and O–H groups in total. The fraction of sp³-hybridized carbons (Fsp3) is 0.500. The summed E-state index contributed by atoms with van der Waals surface area (Å²) < 4.78 is 0. The number of fused-ring (bicyclic) bond motifs is 1. The lowest BCUT2D eigenvalue weighted by Gasteiger charge is -2.26. The van der Waals surface area contributed by atoms with E-state index in [9.17, 15) is 29.1 Å². The van der Waals surface area contributed by atoms with Gasteiger partial charge in [0.2, 0.25) is 23.6 Å². The summed E-state index contributed by atoms with van der Waals surface area (Å²) in [6.45, 7) is 3.85. The maximum atomic E-state index is 13.4. The topological polar surface area (TPSA) is 274 Å². The van der Waals surface area contributed by atoms with E-state index in [1.807, 2.05) is 38.1 Å². The van der Waals surface area contributed by atoms with Crippen LogP contribution in [0, 0.1) is 5.92 Å². The molecular formula is C28H43N9O6. The first-order valence-corrected chi connectivity index (χ1v) is 14.1. The lowest BCUT2D eigenvalue weighted by Crippen LogP contribution is -2.57. The van der Waals surface area contributed by atoms with Crippen LogP contribution in [0.25, 0.3) is 10.9 Å².